The standard InChI is InChI=1S/C23H23N3OS2/c1-14-10-11-19(29-14)17-13-28-23-21(17)22(27)24-20(25-23)12-26(2)18-9-5-7-15-6-3-4-8-16(15)18/h3-4,6,8,10-11,13,18H,5,7,9,12H2,1-2H3,(H,24,25,27)/p+1/t18-/m0/s1. The van der Waals surface area contributed by atoms with Crippen LogP contribution in [0, 0.1) is 6.92 Å². The molecule has 0 bridgehead atoms. The number of H-pyrrole nitrogens is 1. The van der Waals surface area contributed by atoms with Crippen LogP contribution < -0.4 is 10.5 Å². The topological polar surface area (TPSA) is 50.2 Å². The average molecular weight is 423 g/mol. The second-order valence-electron chi connectivity index (χ2n) is 7.92. The highest BCUT2D eigenvalue weighted by atomic mass is 32.1. The lowest BCUT2D eigenvalue weighted by atomic mass is 9.87. The highest BCUT2D eigenvalue weighted by Crippen LogP contribution is 2.35. The van der Waals surface area contributed by atoms with Crippen LogP contribution in [0.3, 0.4) is 0 Å². The Morgan fingerprint density at radius 2 is 2.10 bits per heavy atom. The molecule has 2 N–H and O–H groups in total. The number of hydrogen-bond donors (Lipinski definition) is 2. The first-order valence-corrected chi connectivity index (χ1v) is 11.8. The molecule has 0 aliphatic heterocycles. The lowest BCUT2D eigenvalue weighted by Gasteiger charge is -2.30. The molecule has 3 heterocycles. The average Bonchev–Trinajstić information content (AvgIpc) is 3.33. The van der Waals surface area contributed by atoms with Crippen molar-refractivity contribution in [2.24, 2.45) is 0 Å². The number of quaternary nitrogens is 1. The Hall–Kier alpha value is -2.28. The van der Waals surface area contributed by atoms with Gasteiger partial charge in [-0.15, -0.1) is 22.7 Å². The van der Waals surface area contributed by atoms with Gasteiger partial charge in [-0.25, -0.2) is 4.98 Å². The molecule has 0 saturated carbocycles. The van der Waals surface area contributed by atoms with Gasteiger partial charge in [0.1, 0.15) is 17.4 Å². The smallest absolute Gasteiger partial charge is 0.260 e. The van der Waals surface area contributed by atoms with Crippen molar-refractivity contribution in [3.8, 4) is 10.4 Å². The van der Waals surface area contributed by atoms with Gasteiger partial charge in [0.2, 0.25) is 0 Å². The molecule has 1 unspecified atom stereocenters. The van der Waals surface area contributed by atoms with Crippen molar-refractivity contribution in [2.45, 2.75) is 38.8 Å². The number of aromatic amines is 1. The monoisotopic (exact) mass is 422 g/mol. The number of nitrogens with one attached hydrogen (secondary N) is 2. The quantitative estimate of drug-likeness (QED) is 0.520. The third kappa shape index (κ3) is 3.45. The number of hydrogen-bond acceptors (Lipinski definition) is 4. The molecule has 2 atom stereocenters. The Bertz CT molecular complexity index is 1240. The van der Waals surface area contributed by atoms with Gasteiger partial charge < -0.3 is 9.88 Å². The second-order valence-corrected chi connectivity index (χ2v) is 10.1. The maximum Gasteiger partial charge on any atom is 0.260 e. The molecule has 0 saturated heterocycles. The molecule has 29 heavy (non-hydrogen) atoms. The van der Waals surface area contributed by atoms with Gasteiger partial charge in [-0.3, -0.25) is 4.79 Å². The third-order valence-electron chi connectivity index (χ3n) is 5.91. The fourth-order valence-electron chi connectivity index (χ4n) is 4.49. The normalized spacial score (nSPS) is 17.4. The summed E-state index contributed by atoms with van der Waals surface area (Å²) in [6, 6.07) is 13.4. The summed E-state index contributed by atoms with van der Waals surface area (Å²) in [7, 11) is 2.21. The first-order valence-electron chi connectivity index (χ1n) is 10.1. The molecule has 1 aromatic carbocycles. The van der Waals surface area contributed by atoms with Gasteiger partial charge >= 0.3 is 0 Å². The van der Waals surface area contributed by atoms with Gasteiger partial charge in [0.05, 0.1) is 12.4 Å². The minimum atomic E-state index is -0.0239. The summed E-state index contributed by atoms with van der Waals surface area (Å²) >= 11 is 3.28. The van der Waals surface area contributed by atoms with E-state index in [1.54, 1.807) is 22.7 Å². The molecule has 4 nitrogen and oxygen atoms in total. The van der Waals surface area contributed by atoms with Crippen LogP contribution in [0.2, 0.25) is 0 Å². The van der Waals surface area contributed by atoms with Crippen LogP contribution in [0.15, 0.2) is 46.6 Å². The molecule has 1 aliphatic carbocycles. The minimum Gasteiger partial charge on any atom is -0.325 e. The Morgan fingerprint density at radius 3 is 2.93 bits per heavy atom. The van der Waals surface area contributed by atoms with Gasteiger partial charge in [-0.05, 0) is 37.5 Å². The SMILES string of the molecule is Cc1ccc(-c2csc3nc(C[NH+](C)[C@H]4CCCc5ccccc54)[nH]c(=O)c23)s1. The zero-order valence-electron chi connectivity index (χ0n) is 16.6. The van der Waals surface area contributed by atoms with E-state index in [9.17, 15) is 4.79 Å². The first kappa shape index (κ1) is 18.7. The number of thiophene rings is 2. The van der Waals surface area contributed by atoms with Crippen molar-refractivity contribution in [3.05, 3.63) is 74.0 Å². The van der Waals surface area contributed by atoms with Crippen molar-refractivity contribution in [2.75, 3.05) is 7.05 Å². The molecule has 3 aromatic heterocycles. The Morgan fingerprint density at radius 1 is 1.24 bits per heavy atom. The Balaban J connectivity index is 1.45. The zero-order chi connectivity index (χ0) is 20.0. The number of fused-ring (bicyclic) bond motifs is 2. The summed E-state index contributed by atoms with van der Waals surface area (Å²) in [5.41, 5.74) is 3.90. The molecule has 148 valence electrons. The van der Waals surface area contributed by atoms with Gasteiger partial charge in [-0.2, -0.15) is 0 Å². The Labute approximate surface area is 177 Å². The number of aromatic nitrogens is 2. The maximum absolute atomic E-state index is 12.9. The highest BCUT2D eigenvalue weighted by Gasteiger charge is 2.27. The summed E-state index contributed by atoms with van der Waals surface area (Å²) in [5.74, 6) is 0.777. The molecule has 6 heteroatoms. The molecule has 4 aromatic rings. The number of benzene rings is 1. The fourth-order valence-corrected chi connectivity index (χ4v) is 6.41. The van der Waals surface area contributed by atoms with E-state index in [4.69, 9.17) is 4.98 Å². The van der Waals surface area contributed by atoms with Crippen LogP contribution in [0.5, 0.6) is 0 Å². The van der Waals surface area contributed by atoms with Crippen LogP contribution in [0.4, 0.5) is 0 Å². The van der Waals surface area contributed by atoms with E-state index in [2.05, 4.69) is 60.7 Å². The van der Waals surface area contributed by atoms with Crippen LogP contribution in [0.25, 0.3) is 20.7 Å². The molecule has 0 radical (unpaired) electrons. The molecular weight excluding hydrogens is 398 g/mol. The predicted molar refractivity (Wildman–Crippen MR) is 121 cm³/mol. The van der Waals surface area contributed by atoms with Crippen LogP contribution >= 0.6 is 22.7 Å². The lowest BCUT2D eigenvalue weighted by Crippen LogP contribution is -3.08. The van der Waals surface area contributed by atoms with Crippen molar-refractivity contribution in [1.29, 1.82) is 0 Å². The fraction of sp³-hybridized carbons (Fsp3) is 0.304. The summed E-state index contributed by atoms with van der Waals surface area (Å²) in [4.78, 5) is 25.4. The van der Waals surface area contributed by atoms with E-state index >= 15 is 0 Å². The summed E-state index contributed by atoms with van der Waals surface area (Å²) < 4.78 is 0. The van der Waals surface area contributed by atoms with Crippen LogP contribution in [-0.4, -0.2) is 17.0 Å². The van der Waals surface area contributed by atoms with Gasteiger partial charge in [0, 0.05) is 32.7 Å². The highest BCUT2D eigenvalue weighted by molar-refractivity contribution is 7.19. The van der Waals surface area contributed by atoms with Crippen LogP contribution in [0.1, 0.15) is 40.7 Å². The molecule has 5 rings (SSSR count). The molecule has 0 fully saturated rings. The van der Waals surface area contributed by atoms with E-state index in [0.717, 1.165) is 33.0 Å². The van der Waals surface area contributed by atoms with Crippen molar-refractivity contribution >= 4 is 32.9 Å². The largest absolute Gasteiger partial charge is 0.325 e. The molecular formula is C23H24N3OS2+. The van der Waals surface area contributed by atoms with Gasteiger partial charge in [-0.1, -0.05) is 24.3 Å². The molecule has 0 amide bonds. The van der Waals surface area contributed by atoms with Gasteiger partial charge in [0.15, 0.2) is 5.82 Å². The van der Waals surface area contributed by atoms with E-state index in [1.165, 1.54) is 40.2 Å². The minimum absolute atomic E-state index is 0.0239. The van der Waals surface area contributed by atoms with E-state index < -0.39 is 0 Å². The van der Waals surface area contributed by atoms with E-state index in [0.29, 0.717) is 6.04 Å². The summed E-state index contributed by atoms with van der Waals surface area (Å²) in [5, 5.41) is 2.79. The van der Waals surface area contributed by atoms with Crippen LogP contribution in [-0.2, 0) is 13.0 Å². The predicted octanol–water partition coefficient (Wildman–Crippen LogP) is 4.11. The third-order valence-corrected chi connectivity index (χ3v) is 7.82. The molecule has 1 aliphatic rings. The number of nitrogens with zero attached hydrogens (tertiary/aromatic N) is 1. The van der Waals surface area contributed by atoms with Gasteiger partial charge in [0.25, 0.3) is 5.56 Å². The number of rotatable bonds is 4. The number of aryl methyl sites for hydroxylation is 2. The van der Waals surface area contributed by atoms with E-state index in [1.807, 2.05) is 0 Å². The van der Waals surface area contributed by atoms with E-state index in [-0.39, 0.29) is 5.56 Å². The van der Waals surface area contributed by atoms with Crippen molar-refractivity contribution < 1.29 is 4.90 Å². The maximum atomic E-state index is 12.9. The lowest BCUT2D eigenvalue weighted by molar-refractivity contribution is -0.927. The zero-order valence-corrected chi connectivity index (χ0v) is 18.3. The second kappa shape index (κ2) is 7.52. The summed E-state index contributed by atoms with van der Waals surface area (Å²) in [6.45, 7) is 2.81. The van der Waals surface area contributed by atoms with Crippen molar-refractivity contribution in [1.82, 2.24) is 9.97 Å². The first-order chi connectivity index (χ1) is 14.1. The molecule has 0 spiro atoms. The Kier molecular flexibility index (Phi) is 4.86. The van der Waals surface area contributed by atoms with Crippen molar-refractivity contribution in [3.63, 3.8) is 0 Å². The summed E-state index contributed by atoms with van der Waals surface area (Å²) in [6.07, 6.45) is 3.56.